The standard InChI is InChI=1S/C17H12N6O2S/c24-16(11-5-7-13(8-6-11)23-10-18-21-22-23)19-20-17(25)15-9-12-3-1-2-4-14(12)26-15/h1-10H,(H,19,24)(H,20,25). The first-order chi connectivity index (χ1) is 12.7. The molecule has 0 fully saturated rings. The van der Waals surface area contributed by atoms with E-state index in [0.717, 1.165) is 15.8 Å². The van der Waals surface area contributed by atoms with Gasteiger partial charge in [0, 0.05) is 10.3 Å². The van der Waals surface area contributed by atoms with Crippen LogP contribution in [-0.4, -0.2) is 32.0 Å². The van der Waals surface area contributed by atoms with E-state index in [1.165, 1.54) is 22.3 Å². The van der Waals surface area contributed by atoms with Crippen LogP contribution >= 0.6 is 11.3 Å². The van der Waals surface area contributed by atoms with Gasteiger partial charge in [0.05, 0.1) is 10.6 Å². The maximum Gasteiger partial charge on any atom is 0.279 e. The average Bonchev–Trinajstić information content (AvgIpc) is 3.35. The van der Waals surface area contributed by atoms with Crippen LogP contribution in [0.1, 0.15) is 20.0 Å². The van der Waals surface area contributed by atoms with Gasteiger partial charge in [-0.1, -0.05) is 18.2 Å². The smallest absolute Gasteiger partial charge is 0.267 e. The fourth-order valence-corrected chi connectivity index (χ4v) is 3.34. The highest BCUT2D eigenvalue weighted by Crippen LogP contribution is 2.24. The van der Waals surface area contributed by atoms with Gasteiger partial charge in [-0.25, -0.2) is 4.68 Å². The van der Waals surface area contributed by atoms with Gasteiger partial charge in [-0.3, -0.25) is 20.4 Å². The van der Waals surface area contributed by atoms with Crippen molar-refractivity contribution in [3.8, 4) is 5.69 Å². The summed E-state index contributed by atoms with van der Waals surface area (Å²) in [5.74, 6) is -0.771. The molecule has 0 bridgehead atoms. The lowest BCUT2D eigenvalue weighted by Gasteiger charge is -2.07. The number of fused-ring (bicyclic) bond motifs is 1. The van der Waals surface area contributed by atoms with E-state index < -0.39 is 5.91 Å². The molecule has 0 aliphatic rings. The van der Waals surface area contributed by atoms with E-state index in [0.29, 0.717) is 10.4 Å². The number of thiophene rings is 1. The Hall–Kier alpha value is -3.59. The Bertz CT molecular complexity index is 1040. The maximum absolute atomic E-state index is 12.2. The lowest BCUT2D eigenvalue weighted by atomic mass is 10.2. The molecule has 0 aliphatic heterocycles. The van der Waals surface area contributed by atoms with Crippen molar-refractivity contribution in [2.24, 2.45) is 0 Å². The fraction of sp³-hybridized carbons (Fsp3) is 0. The van der Waals surface area contributed by atoms with Crippen LogP contribution in [0.5, 0.6) is 0 Å². The Morgan fingerprint density at radius 3 is 2.46 bits per heavy atom. The number of nitrogens with one attached hydrogen (secondary N) is 2. The first-order valence-corrected chi connectivity index (χ1v) is 8.45. The molecule has 2 amide bonds. The topological polar surface area (TPSA) is 102 Å². The van der Waals surface area contributed by atoms with Gasteiger partial charge in [0.1, 0.15) is 6.33 Å². The zero-order valence-corrected chi connectivity index (χ0v) is 14.1. The van der Waals surface area contributed by atoms with Gasteiger partial charge >= 0.3 is 0 Å². The molecule has 0 saturated carbocycles. The summed E-state index contributed by atoms with van der Waals surface area (Å²) in [5, 5.41) is 11.9. The quantitative estimate of drug-likeness (QED) is 0.541. The number of hydrazine groups is 1. The van der Waals surface area contributed by atoms with Crippen LogP contribution in [0.2, 0.25) is 0 Å². The summed E-state index contributed by atoms with van der Waals surface area (Å²) in [4.78, 5) is 24.9. The minimum Gasteiger partial charge on any atom is -0.267 e. The zero-order chi connectivity index (χ0) is 17.9. The number of nitrogens with zero attached hydrogens (tertiary/aromatic N) is 4. The summed E-state index contributed by atoms with van der Waals surface area (Å²) in [6, 6.07) is 16.2. The molecule has 4 aromatic rings. The van der Waals surface area contributed by atoms with Gasteiger partial charge in [-0.15, -0.1) is 16.4 Å². The first-order valence-electron chi connectivity index (χ1n) is 7.63. The SMILES string of the molecule is O=C(NNC(=O)c1cc2ccccc2s1)c1ccc(-n2cnnn2)cc1. The summed E-state index contributed by atoms with van der Waals surface area (Å²) < 4.78 is 2.49. The fourth-order valence-electron chi connectivity index (χ4n) is 2.39. The van der Waals surface area contributed by atoms with Crippen molar-refractivity contribution >= 4 is 33.2 Å². The summed E-state index contributed by atoms with van der Waals surface area (Å²) in [5.41, 5.74) is 5.98. The average molecular weight is 364 g/mol. The molecule has 2 N–H and O–H groups in total. The van der Waals surface area contributed by atoms with Crippen molar-refractivity contribution in [3.63, 3.8) is 0 Å². The summed E-state index contributed by atoms with van der Waals surface area (Å²) in [6.07, 6.45) is 1.46. The highest BCUT2D eigenvalue weighted by atomic mass is 32.1. The van der Waals surface area contributed by atoms with Crippen LogP contribution in [0.4, 0.5) is 0 Å². The number of rotatable bonds is 3. The van der Waals surface area contributed by atoms with Gasteiger partial charge in [0.15, 0.2) is 0 Å². The minimum absolute atomic E-state index is 0.357. The number of tetrazole rings is 1. The molecule has 8 nitrogen and oxygen atoms in total. The molecule has 0 atom stereocenters. The number of aromatic nitrogens is 4. The molecule has 9 heteroatoms. The van der Waals surface area contributed by atoms with Crippen molar-refractivity contribution < 1.29 is 9.59 Å². The second-order valence-electron chi connectivity index (χ2n) is 5.36. The predicted molar refractivity (Wildman–Crippen MR) is 95.9 cm³/mol. The molecule has 0 unspecified atom stereocenters. The molecule has 2 aromatic carbocycles. The van der Waals surface area contributed by atoms with Crippen molar-refractivity contribution in [1.29, 1.82) is 0 Å². The molecule has 0 saturated heterocycles. The van der Waals surface area contributed by atoms with Crippen LogP contribution in [0.25, 0.3) is 15.8 Å². The van der Waals surface area contributed by atoms with Crippen molar-refractivity contribution in [3.05, 3.63) is 71.4 Å². The molecule has 26 heavy (non-hydrogen) atoms. The summed E-state index contributed by atoms with van der Waals surface area (Å²) in [7, 11) is 0. The lowest BCUT2D eigenvalue weighted by Crippen LogP contribution is -2.41. The van der Waals surface area contributed by atoms with Crippen LogP contribution < -0.4 is 10.9 Å². The van der Waals surface area contributed by atoms with E-state index in [4.69, 9.17) is 0 Å². The van der Waals surface area contributed by atoms with Crippen LogP contribution in [0, 0.1) is 0 Å². The second kappa shape index (κ2) is 6.73. The number of carbonyl (C=O) groups is 2. The molecular weight excluding hydrogens is 352 g/mol. The van der Waals surface area contributed by atoms with Gasteiger partial charge in [0.25, 0.3) is 11.8 Å². The Balaban J connectivity index is 1.40. The monoisotopic (exact) mass is 364 g/mol. The molecule has 0 radical (unpaired) electrons. The maximum atomic E-state index is 12.2. The van der Waals surface area contributed by atoms with Crippen LogP contribution in [-0.2, 0) is 0 Å². The normalized spacial score (nSPS) is 10.6. The van der Waals surface area contributed by atoms with Crippen molar-refractivity contribution in [1.82, 2.24) is 31.1 Å². The van der Waals surface area contributed by atoms with E-state index >= 15 is 0 Å². The number of carbonyl (C=O) groups excluding carboxylic acids is 2. The number of hydrogen-bond acceptors (Lipinski definition) is 6. The van der Waals surface area contributed by atoms with Gasteiger partial charge < -0.3 is 0 Å². The zero-order valence-electron chi connectivity index (χ0n) is 13.3. The predicted octanol–water partition coefficient (Wildman–Crippen LogP) is 1.95. The Morgan fingerprint density at radius 2 is 1.73 bits per heavy atom. The summed E-state index contributed by atoms with van der Waals surface area (Å²) in [6.45, 7) is 0. The molecule has 0 aliphatic carbocycles. The minimum atomic E-state index is -0.414. The Labute approximate surface area is 151 Å². The Morgan fingerprint density at radius 1 is 0.962 bits per heavy atom. The third kappa shape index (κ3) is 3.15. The molecule has 2 aromatic heterocycles. The lowest BCUT2D eigenvalue weighted by molar-refractivity contribution is 0.0849. The molecule has 4 rings (SSSR count). The molecule has 128 valence electrons. The third-order valence-corrected chi connectivity index (χ3v) is 4.80. The van der Waals surface area contributed by atoms with E-state index in [-0.39, 0.29) is 5.91 Å². The molecule has 2 heterocycles. The van der Waals surface area contributed by atoms with Crippen molar-refractivity contribution in [2.75, 3.05) is 0 Å². The Kier molecular flexibility index (Phi) is 4.12. The molecular formula is C17H12N6O2S. The highest BCUT2D eigenvalue weighted by molar-refractivity contribution is 7.20. The van der Waals surface area contributed by atoms with E-state index in [2.05, 4.69) is 26.4 Å². The number of amides is 2. The van der Waals surface area contributed by atoms with Gasteiger partial charge in [-0.2, -0.15) is 0 Å². The number of benzene rings is 2. The van der Waals surface area contributed by atoms with Crippen LogP contribution in [0.3, 0.4) is 0 Å². The van der Waals surface area contributed by atoms with E-state index in [9.17, 15) is 9.59 Å². The third-order valence-electron chi connectivity index (χ3n) is 3.68. The molecule has 0 spiro atoms. The van der Waals surface area contributed by atoms with Crippen molar-refractivity contribution in [2.45, 2.75) is 0 Å². The highest BCUT2D eigenvalue weighted by Gasteiger charge is 2.12. The second-order valence-corrected chi connectivity index (χ2v) is 6.44. The number of hydrogen-bond donors (Lipinski definition) is 2. The largest absolute Gasteiger partial charge is 0.279 e. The first kappa shape index (κ1) is 15.9. The summed E-state index contributed by atoms with van der Waals surface area (Å²) >= 11 is 1.37. The van der Waals surface area contributed by atoms with E-state index in [1.807, 2.05) is 24.3 Å². The van der Waals surface area contributed by atoms with Crippen LogP contribution in [0.15, 0.2) is 60.9 Å². The van der Waals surface area contributed by atoms with Gasteiger partial charge in [0.2, 0.25) is 0 Å². The van der Waals surface area contributed by atoms with Gasteiger partial charge in [-0.05, 0) is 52.2 Å². The van der Waals surface area contributed by atoms with E-state index in [1.54, 1.807) is 30.3 Å².